The molecule has 0 saturated heterocycles. The number of likely N-dealkylation sites (N-methyl/N-ethyl adjacent to an activating group) is 1. The largest absolute Gasteiger partial charge is 0.492 e. The van der Waals surface area contributed by atoms with Crippen LogP contribution in [-0.4, -0.2) is 19.7 Å². The maximum absolute atomic E-state index is 5.90. The smallest absolute Gasteiger partial charge is 0.119 e. The second-order valence-electron chi connectivity index (χ2n) is 5.71. The van der Waals surface area contributed by atoms with Crippen molar-refractivity contribution in [2.45, 2.75) is 45.1 Å². The van der Waals surface area contributed by atoms with E-state index < -0.39 is 0 Å². The molecule has 1 fully saturated rings. The Labute approximate surface area is 117 Å². The van der Waals surface area contributed by atoms with E-state index in [9.17, 15) is 0 Å². The summed E-state index contributed by atoms with van der Waals surface area (Å²) in [7, 11) is 2.06. The van der Waals surface area contributed by atoms with Crippen molar-refractivity contribution in [3.63, 3.8) is 0 Å². The van der Waals surface area contributed by atoms with E-state index in [2.05, 4.69) is 19.3 Å². The van der Waals surface area contributed by atoms with Crippen LogP contribution in [0, 0.1) is 11.8 Å². The van der Waals surface area contributed by atoms with Gasteiger partial charge in [0.1, 0.15) is 12.4 Å². The van der Waals surface area contributed by atoms with Gasteiger partial charge >= 0.3 is 0 Å². The summed E-state index contributed by atoms with van der Waals surface area (Å²) in [4.78, 5) is 0. The molecule has 1 aliphatic carbocycles. The molecule has 0 amide bonds. The summed E-state index contributed by atoms with van der Waals surface area (Å²) in [5.74, 6) is 2.71. The molecule has 0 bridgehead atoms. The van der Waals surface area contributed by atoms with Crippen molar-refractivity contribution < 1.29 is 4.74 Å². The zero-order valence-corrected chi connectivity index (χ0v) is 12.3. The number of ether oxygens (including phenoxy) is 1. The molecule has 1 aromatic rings. The second kappa shape index (κ2) is 7.54. The fraction of sp³-hybridized carbons (Fsp3) is 0.647. The Kier molecular flexibility index (Phi) is 5.71. The minimum atomic E-state index is 0.484. The summed E-state index contributed by atoms with van der Waals surface area (Å²) >= 11 is 0. The maximum Gasteiger partial charge on any atom is 0.119 e. The molecule has 1 N–H and O–H groups in total. The number of benzene rings is 1. The van der Waals surface area contributed by atoms with E-state index in [1.54, 1.807) is 0 Å². The molecule has 1 saturated carbocycles. The molecule has 19 heavy (non-hydrogen) atoms. The molecule has 2 rings (SSSR count). The molecule has 0 radical (unpaired) electrons. The summed E-state index contributed by atoms with van der Waals surface area (Å²) in [5.41, 5.74) is 0. The van der Waals surface area contributed by atoms with Crippen molar-refractivity contribution in [3.05, 3.63) is 30.3 Å². The zero-order valence-electron chi connectivity index (χ0n) is 12.3. The predicted molar refractivity (Wildman–Crippen MR) is 80.5 cm³/mol. The first-order valence-electron chi connectivity index (χ1n) is 7.68. The van der Waals surface area contributed by atoms with Gasteiger partial charge in [-0.25, -0.2) is 0 Å². The highest BCUT2D eigenvalue weighted by Crippen LogP contribution is 2.32. The molecular weight excluding hydrogens is 234 g/mol. The molecule has 1 aromatic carbocycles. The average Bonchev–Trinajstić information content (AvgIpc) is 2.49. The van der Waals surface area contributed by atoms with Crippen molar-refractivity contribution in [1.29, 1.82) is 0 Å². The normalized spacial score (nSPS) is 24.9. The third-order valence-corrected chi connectivity index (χ3v) is 4.58. The van der Waals surface area contributed by atoms with Gasteiger partial charge in [0.25, 0.3) is 0 Å². The van der Waals surface area contributed by atoms with Gasteiger partial charge in [0.05, 0.1) is 0 Å². The first-order chi connectivity index (χ1) is 9.33. The second-order valence-corrected chi connectivity index (χ2v) is 5.71. The van der Waals surface area contributed by atoms with Gasteiger partial charge in [0.2, 0.25) is 0 Å². The Hall–Kier alpha value is -1.02. The van der Waals surface area contributed by atoms with Crippen LogP contribution in [-0.2, 0) is 0 Å². The summed E-state index contributed by atoms with van der Waals surface area (Å²) in [6.45, 7) is 3.10. The third-order valence-electron chi connectivity index (χ3n) is 4.58. The Morgan fingerprint density at radius 3 is 2.42 bits per heavy atom. The highest BCUT2D eigenvalue weighted by molar-refractivity contribution is 5.20. The van der Waals surface area contributed by atoms with Gasteiger partial charge in [0.15, 0.2) is 0 Å². The fourth-order valence-corrected chi connectivity index (χ4v) is 3.16. The van der Waals surface area contributed by atoms with Gasteiger partial charge in [-0.3, -0.25) is 0 Å². The number of nitrogens with one attached hydrogen (secondary N) is 1. The molecule has 106 valence electrons. The molecule has 0 aromatic heterocycles. The molecule has 1 atom stereocenters. The fourth-order valence-electron chi connectivity index (χ4n) is 3.16. The van der Waals surface area contributed by atoms with Crippen LogP contribution in [0.3, 0.4) is 0 Å². The van der Waals surface area contributed by atoms with Crippen LogP contribution in [0.25, 0.3) is 0 Å². The van der Waals surface area contributed by atoms with Crippen molar-refractivity contribution in [1.82, 2.24) is 5.32 Å². The monoisotopic (exact) mass is 261 g/mol. The van der Waals surface area contributed by atoms with Gasteiger partial charge in [-0.1, -0.05) is 44.4 Å². The van der Waals surface area contributed by atoms with Crippen molar-refractivity contribution >= 4 is 0 Å². The van der Waals surface area contributed by atoms with E-state index in [4.69, 9.17) is 4.74 Å². The van der Waals surface area contributed by atoms with Gasteiger partial charge in [-0.2, -0.15) is 0 Å². The van der Waals surface area contributed by atoms with Crippen LogP contribution in [0.5, 0.6) is 5.75 Å². The van der Waals surface area contributed by atoms with E-state index in [1.165, 1.54) is 32.1 Å². The van der Waals surface area contributed by atoms with Crippen molar-refractivity contribution in [2.75, 3.05) is 13.7 Å². The molecule has 0 heterocycles. The Balaban J connectivity index is 1.80. The molecule has 0 spiro atoms. The number of hydrogen-bond donors (Lipinski definition) is 1. The van der Waals surface area contributed by atoms with E-state index in [0.29, 0.717) is 6.04 Å². The molecule has 2 heteroatoms. The lowest BCUT2D eigenvalue weighted by Gasteiger charge is -2.33. The Morgan fingerprint density at radius 1 is 1.16 bits per heavy atom. The van der Waals surface area contributed by atoms with Gasteiger partial charge in [-0.15, -0.1) is 0 Å². The van der Waals surface area contributed by atoms with E-state index >= 15 is 0 Å². The van der Waals surface area contributed by atoms with Gasteiger partial charge in [0, 0.05) is 6.04 Å². The summed E-state index contributed by atoms with van der Waals surface area (Å²) < 4.78 is 5.90. The Bertz CT molecular complexity index is 344. The standard InChI is InChI=1S/C17H27NO/c1-3-14-9-11-15(12-10-14)17(18-2)13-19-16-7-5-4-6-8-16/h4-8,14-15,17-18H,3,9-13H2,1-2H3. The van der Waals surface area contributed by atoms with Crippen LogP contribution in [0.15, 0.2) is 30.3 Å². The third kappa shape index (κ3) is 4.24. The first-order valence-corrected chi connectivity index (χ1v) is 7.68. The van der Waals surface area contributed by atoms with Crippen LogP contribution in [0.2, 0.25) is 0 Å². The van der Waals surface area contributed by atoms with Crippen molar-refractivity contribution in [3.8, 4) is 5.75 Å². The SMILES string of the molecule is CCC1CCC(C(COc2ccccc2)NC)CC1. The van der Waals surface area contributed by atoms with Gasteiger partial charge in [-0.05, 0) is 43.9 Å². The van der Waals surface area contributed by atoms with Gasteiger partial charge < -0.3 is 10.1 Å². The predicted octanol–water partition coefficient (Wildman–Crippen LogP) is 3.87. The lowest BCUT2D eigenvalue weighted by Crippen LogP contribution is -2.40. The van der Waals surface area contributed by atoms with E-state index in [-0.39, 0.29) is 0 Å². The molecule has 0 aliphatic heterocycles. The van der Waals surface area contributed by atoms with Crippen LogP contribution in [0.1, 0.15) is 39.0 Å². The van der Waals surface area contributed by atoms with Crippen LogP contribution >= 0.6 is 0 Å². The zero-order chi connectivity index (χ0) is 13.5. The average molecular weight is 261 g/mol. The van der Waals surface area contributed by atoms with Crippen LogP contribution < -0.4 is 10.1 Å². The highest BCUT2D eigenvalue weighted by Gasteiger charge is 2.26. The number of hydrogen-bond acceptors (Lipinski definition) is 2. The molecule has 1 aliphatic rings. The molecular formula is C17H27NO. The lowest BCUT2D eigenvalue weighted by atomic mass is 9.78. The molecule has 1 unspecified atom stereocenters. The first kappa shape index (κ1) is 14.4. The topological polar surface area (TPSA) is 21.3 Å². The van der Waals surface area contributed by atoms with E-state index in [1.807, 2.05) is 30.3 Å². The summed E-state index contributed by atoms with van der Waals surface area (Å²) in [6, 6.07) is 10.6. The van der Waals surface area contributed by atoms with Crippen LogP contribution in [0.4, 0.5) is 0 Å². The van der Waals surface area contributed by atoms with E-state index in [0.717, 1.165) is 24.2 Å². The molecule has 2 nitrogen and oxygen atoms in total. The number of para-hydroxylation sites is 1. The quantitative estimate of drug-likeness (QED) is 0.839. The maximum atomic E-state index is 5.90. The minimum Gasteiger partial charge on any atom is -0.492 e. The lowest BCUT2D eigenvalue weighted by molar-refractivity contribution is 0.170. The number of rotatable bonds is 6. The highest BCUT2D eigenvalue weighted by atomic mass is 16.5. The minimum absolute atomic E-state index is 0.484. The summed E-state index contributed by atoms with van der Waals surface area (Å²) in [6.07, 6.45) is 6.83. The Morgan fingerprint density at radius 2 is 1.84 bits per heavy atom. The van der Waals surface area contributed by atoms with Crippen molar-refractivity contribution in [2.24, 2.45) is 11.8 Å². The summed E-state index contributed by atoms with van der Waals surface area (Å²) in [5, 5.41) is 3.45.